The van der Waals surface area contributed by atoms with E-state index in [0.717, 1.165) is 15.6 Å². The van der Waals surface area contributed by atoms with Crippen LogP contribution in [0.2, 0.25) is 0 Å². The van der Waals surface area contributed by atoms with Crippen LogP contribution in [0.1, 0.15) is 25.6 Å². The molecule has 28 heavy (non-hydrogen) atoms. The first-order valence-electron chi connectivity index (χ1n) is 8.59. The third-order valence-electron chi connectivity index (χ3n) is 4.50. The zero-order valence-corrected chi connectivity index (χ0v) is 15.8. The molecule has 2 aromatic carbocycles. The van der Waals surface area contributed by atoms with Crippen LogP contribution in [0.3, 0.4) is 0 Å². The molecule has 4 amide bonds. The van der Waals surface area contributed by atoms with E-state index >= 15 is 0 Å². The highest BCUT2D eigenvalue weighted by molar-refractivity contribution is 7.20. The summed E-state index contributed by atoms with van der Waals surface area (Å²) in [5, 5.41) is 5.81. The van der Waals surface area contributed by atoms with Gasteiger partial charge in [-0.2, -0.15) is 0 Å². The summed E-state index contributed by atoms with van der Waals surface area (Å²) in [4.78, 5) is 38.8. The van der Waals surface area contributed by atoms with E-state index in [1.807, 2.05) is 30.3 Å². The van der Waals surface area contributed by atoms with Gasteiger partial charge in [0.15, 0.2) is 0 Å². The van der Waals surface area contributed by atoms with Gasteiger partial charge in [0.25, 0.3) is 11.8 Å². The molecule has 0 atom stereocenters. The smallest absolute Gasteiger partial charge is 0.323 e. The van der Waals surface area contributed by atoms with Crippen molar-refractivity contribution >= 4 is 39.3 Å². The fraction of sp³-hybridized carbons (Fsp3) is 0.150. The van der Waals surface area contributed by atoms with Crippen LogP contribution in [-0.2, 0) is 6.54 Å². The predicted octanol–water partition coefficient (Wildman–Crippen LogP) is 2.96. The van der Waals surface area contributed by atoms with Crippen LogP contribution in [0.5, 0.6) is 5.75 Å². The molecular formula is C20H17N3O4S. The van der Waals surface area contributed by atoms with Crippen molar-refractivity contribution in [2.45, 2.75) is 6.54 Å². The SMILES string of the molecule is COc1ccc2c(c1)C(=O)N(CNC(=O)NC(=O)c1cc3ccccc3s1)C2. The summed E-state index contributed by atoms with van der Waals surface area (Å²) < 4.78 is 6.12. The minimum Gasteiger partial charge on any atom is -0.497 e. The summed E-state index contributed by atoms with van der Waals surface area (Å²) in [7, 11) is 1.54. The molecule has 8 heteroatoms. The average molecular weight is 395 g/mol. The van der Waals surface area contributed by atoms with Gasteiger partial charge in [0.1, 0.15) is 5.75 Å². The van der Waals surface area contributed by atoms with Gasteiger partial charge in [-0.15, -0.1) is 11.3 Å². The molecule has 0 fully saturated rings. The molecule has 142 valence electrons. The molecule has 1 aromatic heterocycles. The van der Waals surface area contributed by atoms with Crippen molar-refractivity contribution in [3.63, 3.8) is 0 Å². The number of rotatable bonds is 4. The van der Waals surface area contributed by atoms with Crippen LogP contribution in [0.4, 0.5) is 4.79 Å². The molecule has 0 saturated carbocycles. The highest BCUT2D eigenvalue weighted by Gasteiger charge is 2.28. The summed E-state index contributed by atoms with van der Waals surface area (Å²) in [6, 6.07) is 14.0. The Labute approximate surface area is 164 Å². The lowest BCUT2D eigenvalue weighted by atomic mass is 10.1. The normalized spacial score (nSPS) is 12.8. The molecule has 0 radical (unpaired) electrons. The molecular weight excluding hydrogens is 378 g/mol. The number of methoxy groups -OCH3 is 1. The Morgan fingerprint density at radius 1 is 1.18 bits per heavy atom. The topological polar surface area (TPSA) is 87.7 Å². The van der Waals surface area contributed by atoms with E-state index in [1.165, 1.54) is 16.2 Å². The zero-order chi connectivity index (χ0) is 19.7. The Balaban J connectivity index is 1.34. The van der Waals surface area contributed by atoms with E-state index in [9.17, 15) is 14.4 Å². The molecule has 1 aliphatic heterocycles. The number of carbonyl (C=O) groups excluding carboxylic acids is 3. The van der Waals surface area contributed by atoms with Crippen LogP contribution < -0.4 is 15.4 Å². The molecule has 1 aliphatic rings. The standard InChI is InChI=1S/C20H17N3O4S/c1-27-14-7-6-13-10-23(19(25)15(13)9-14)11-21-20(26)22-18(24)17-8-12-4-2-3-5-16(12)28-17/h2-9H,10-11H2,1H3,(H2,21,22,24,26). The second-order valence-electron chi connectivity index (χ2n) is 6.29. The molecule has 0 bridgehead atoms. The Morgan fingerprint density at radius 3 is 2.79 bits per heavy atom. The van der Waals surface area contributed by atoms with Crippen molar-refractivity contribution in [1.82, 2.24) is 15.5 Å². The van der Waals surface area contributed by atoms with E-state index in [0.29, 0.717) is 22.7 Å². The second-order valence-corrected chi connectivity index (χ2v) is 7.38. The van der Waals surface area contributed by atoms with Gasteiger partial charge in [0.2, 0.25) is 0 Å². The molecule has 0 saturated heterocycles. The van der Waals surface area contributed by atoms with Crippen LogP contribution in [0.25, 0.3) is 10.1 Å². The Hall–Kier alpha value is -3.39. The van der Waals surface area contributed by atoms with Gasteiger partial charge >= 0.3 is 6.03 Å². The number of carbonyl (C=O) groups is 3. The fourth-order valence-corrected chi connectivity index (χ4v) is 4.02. The summed E-state index contributed by atoms with van der Waals surface area (Å²) in [5.74, 6) is -0.0573. The van der Waals surface area contributed by atoms with E-state index in [4.69, 9.17) is 4.74 Å². The number of thiophene rings is 1. The van der Waals surface area contributed by atoms with E-state index in [1.54, 1.807) is 25.3 Å². The molecule has 0 spiro atoms. The van der Waals surface area contributed by atoms with Gasteiger partial charge in [-0.3, -0.25) is 14.9 Å². The van der Waals surface area contributed by atoms with Crippen molar-refractivity contribution < 1.29 is 19.1 Å². The van der Waals surface area contributed by atoms with Crippen LogP contribution in [0, 0.1) is 0 Å². The monoisotopic (exact) mass is 395 g/mol. The van der Waals surface area contributed by atoms with Crippen molar-refractivity contribution in [2.75, 3.05) is 13.8 Å². The van der Waals surface area contributed by atoms with Crippen molar-refractivity contribution in [1.29, 1.82) is 0 Å². The number of imide groups is 1. The molecule has 2 heterocycles. The third-order valence-corrected chi connectivity index (χ3v) is 5.62. The lowest BCUT2D eigenvalue weighted by Gasteiger charge is -2.16. The van der Waals surface area contributed by atoms with E-state index < -0.39 is 11.9 Å². The van der Waals surface area contributed by atoms with Crippen LogP contribution in [-0.4, -0.2) is 36.5 Å². The highest BCUT2D eigenvalue weighted by atomic mass is 32.1. The number of hydrogen-bond donors (Lipinski definition) is 2. The third kappa shape index (κ3) is 3.41. The maximum atomic E-state index is 12.5. The van der Waals surface area contributed by atoms with Gasteiger partial charge < -0.3 is 15.0 Å². The number of ether oxygens (including phenoxy) is 1. The van der Waals surface area contributed by atoms with Crippen LogP contribution in [0.15, 0.2) is 48.5 Å². The Bertz CT molecular complexity index is 1060. The van der Waals surface area contributed by atoms with Crippen LogP contribution >= 0.6 is 11.3 Å². The minimum absolute atomic E-state index is 0.00135. The molecule has 4 rings (SSSR count). The minimum atomic E-state index is -0.649. The van der Waals surface area contributed by atoms with Gasteiger partial charge in [0, 0.05) is 16.8 Å². The lowest BCUT2D eigenvalue weighted by Crippen LogP contribution is -2.44. The maximum Gasteiger partial charge on any atom is 0.323 e. The number of nitrogens with one attached hydrogen (secondary N) is 2. The lowest BCUT2D eigenvalue weighted by molar-refractivity contribution is 0.0770. The number of benzene rings is 2. The predicted molar refractivity (Wildman–Crippen MR) is 106 cm³/mol. The summed E-state index contributed by atoms with van der Waals surface area (Å²) >= 11 is 1.32. The van der Waals surface area contributed by atoms with Gasteiger partial charge in [0.05, 0.1) is 18.7 Å². The molecule has 0 aliphatic carbocycles. The first-order valence-corrected chi connectivity index (χ1v) is 9.41. The first kappa shape index (κ1) is 18.0. The van der Waals surface area contributed by atoms with E-state index in [2.05, 4.69) is 10.6 Å². The molecule has 0 unspecified atom stereocenters. The fourth-order valence-electron chi connectivity index (χ4n) is 3.06. The number of nitrogens with zero attached hydrogens (tertiary/aromatic N) is 1. The van der Waals surface area contributed by atoms with Gasteiger partial charge in [-0.25, -0.2) is 4.79 Å². The second kappa shape index (κ2) is 7.32. The quantitative estimate of drug-likeness (QED) is 0.711. The summed E-state index contributed by atoms with van der Waals surface area (Å²) in [6.45, 7) is 0.393. The van der Waals surface area contributed by atoms with Gasteiger partial charge in [-0.05, 0) is 35.2 Å². The Kier molecular flexibility index (Phi) is 4.70. The zero-order valence-electron chi connectivity index (χ0n) is 15.0. The number of hydrogen-bond acceptors (Lipinski definition) is 5. The van der Waals surface area contributed by atoms with Crippen molar-refractivity contribution in [3.8, 4) is 5.75 Å². The summed E-state index contributed by atoms with van der Waals surface area (Å²) in [5.41, 5.74) is 1.43. The Morgan fingerprint density at radius 2 is 2.00 bits per heavy atom. The number of urea groups is 1. The number of amides is 4. The van der Waals surface area contributed by atoms with Crippen molar-refractivity contribution in [3.05, 3.63) is 64.5 Å². The van der Waals surface area contributed by atoms with Gasteiger partial charge in [-0.1, -0.05) is 24.3 Å². The molecule has 2 N–H and O–H groups in total. The first-order chi connectivity index (χ1) is 13.5. The maximum absolute atomic E-state index is 12.5. The average Bonchev–Trinajstić information content (AvgIpc) is 3.27. The summed E-state index contributed by atoms with van der Waals surface area (Å²) in [6.07, 6.45) is 0. The highest BCUT2D eigenvalue weighted by Crippen LogP contribution is 2.26. The largest absolute Gasteiger partial charge is 0.497 e. The molecule has 3 aromatic rings. The number of fused-ring (bicyclic) bond motifs is 2. The van der Waals surface area contributed by atoms with E-state index in [-0.39, 0.29) is 12.6 Å². The van der Waals surface area contributed by atoms with Crippen molar-refractivity contribution in [2.24, 2.45) is 0 Å². The molecule has 7 nitrogen and oxygen atoms in total.